The van der Waals surface area contributed by atoms with Crippen LogP contribution in [-0.2, 0) is 11.3 Å². The molecule has 4 heteroatoms. The van der Waals surface area contributed by atoms with E-state index in [0.717, 1.165) is 25.4 Å². The van der Waals surface area contributed by atoms with Crippen LogP contribution >= 0.6 is 0 Å². The second-order valence-corrected chi connectivity index (χ2v) is 4.89. The molecular formula is C13H21NO3. The van der Waals surface area contributed by atoms with Crippen LogP contribution in [0.15, 0.2) is 22.8 Å². The van der Waals surface area contributed by atoms with Gasteiger partial charge in [0.15, 0.2) is 0 Å². The van der Waals surface area contributed by atoms with Crippen LogP contribution in [-0.4, -0.2) is 29.1 Å². The molecule has 1 rings (SSSR count). The van der Waals surface area contributed by atoms with Crippen LogP contribution in [0.5, 0.6) is 0 Å². The molecule has 0 radical (unpaired) electrons. The van der Waals surface area contributed by atoms with Crippen LogP contribution in [0.4, 0.5) is 0 Å². The maximum atomic E-state index is 11.0. The van der Waals surface area contributed by atoms with E-state index in [2.05, 4.69) is 11.8 Å². The molecule has 0 aromatic carbocycles. The summed E-state index contributed by atoms with van der Waals surface area (Å²) in [6.07, 6.45) is 2.29. The Morgan fingerprint density at radius 2 is 2.24 bits per heavy atom. The van der Waals surface area contributed by atoms with Gasteiger partial charge in [-0.3, -0.25) is 9.69 Å². The zero-order valence-corrected chi connectivity index (χ0v) is 10.8. The summed E-state index contributed by atoms with van der Waals surface area (Å²) in [5, 5.41) is 9.05. The van der Waals surface area contributed by atoms with Gasteiger partial charge in [0.2, 0.25) is 0 Å². The van der Waals surface area contributed by atoms with Crippen molar-refractivity contribution in [3.8, 4) is 0 Å². The molecule has 0 atom stereocenters. The summed E-state index contributed by atoms with van der Waals surface area (Å²) in [6, 6.07) is 3.80. The summed E-state index contributed by atoms with van der Waals surface area (Å²) in [5.41, 5.74) is -0.670. The number of carboxylic acids is 1. The molecule has 4 nitrogen and oxygen atoms in total. The Balaban J connectivity index is 2.45. The molecule has 96 valence electrons. The standard InChI is InChI=1S/C13H21NO3/c1-4-14(10-11-6-5-9-17-11)8-7-13(2,3)12(15)16/h5-6,9H,4,7-8,10H2,1-3H3,(H,15,16). The third kappa shape index (κ3) is 4.23. The van der Waals surface area contributed by atoms with Crippen LogP contribution < -0.4 is 0 Å². The molecule has 17 heavy (non-hydrogen) atoms. The van der Waals surface area contributed by atoms with Gasteiger partial charge in [0.05, 0.1) is 18.2 Å². The van der Waals surface area contributed by atoms with Gasteiger partial charge in [0, 0.05) is 0 Å². The van der Waals surface area contributed by atoms with Crippen molar-refractivity contribution >= 4 is 5.97 Å². The molecule has 1 aromatic rings. The summed E-state index contributed by atoms with van der Waals surface area (Å²) in [7, 11) is 0. The van der Waals surface area contributed by atoms with E-state index >= 15 is 0 Å². The van der Waals surface area contributed by atoms with Gasteiger partial charge in [-0.25, -0.2) is 0 Å². The Kier molecular flexibility index (Phi) is 4.75. The van der Waals surface area contributed by atoms with Gasteiger partial charge in [-0.05, 0) is 45.5 Å². The number of carbonyl (C=O) groups is 1. The zero-order valence-electron chi connectivity index (χ0n) is 10.8. The topological polar surface area (TPSA) is 53.7 Å². The molecule has 0 amide bonds. The van der Waals surface area contributed by atoms with Gasteiger partial charge >= 0.3 is 5.97 Å². The van der Waals surface area contributed by atoms with Crippen molar-refractivity contribution in [2.45, 2.75) is 33.7 Å². The molecule has 1 N–H and O–H groups in total. The maximum absolute atomic E-state index is 11.0. The van der Waals surface area contributed by atoms with E-state index in [0.29, 0.717) is 6.42 Å². The van der Waals surface area contributed by atoms with Crippen molar-refractivity contribution in [3.05, 3.63) is 24.2 Å². The SMILES string of the molecule is CCN(CCC(C)(C)C(=O)O)Cc1ccco1. The molecule has 0 saturated heterocycles. The van der Waals surface area contributed by atoms with Crippen LogP contribution in [0, 0.1) is 5.41 Å². The van der Waals surface area contributed by atoms with E-state index < -0.39 is 11.4 Å². The summed E-state index contributed by atoms with van der Waals surface area (Å²) < 4.78 is 5.29. The number of furan rings is 1. The molecule has 0 saturated carbocycles. The Bertz CT molecular complexity index is 344. The minimum Gasteiger partial charge on any atom is -0.481 e. The van der Waals surface area contributed by atoms with Gasteiger partial charge in [0.1, 0.15) is 5.76 Å². The Labute approximate surface area is 102 Å². The quantitative estimate of drug-likeness (QED) is 0.794. The fraction of sp³-hybridized carbons (Fsp3) is 0.615. The first kappa shape index (κ1) is 13.8. The highest BCUT2D eigenvalue weighted by Gasteiger charge is 2.27. The van der Waals surface area contributed by atoms with Crippen LogP contribution in [0.25, 0.3) is 0 Å². The predicted molar refractivity (Wildman–Crippen MR) is 65.7 cm³/mol. The first-order valence-electron chi connectivity index (χ1n) is 5.94. The lowest BCUT2D eigenvalue weighted by molar-refractivity contribution is -0.147. The number of carboxylic acid groups (broad SMARTS) is 1. The molecule has 0 bridgehead atoms. The number of rotatable bonds is 7. The van der Waals surface area contributed by atoms with E-state index in [9.17, 15) is 4.79 Å². The predicted octanol–water partition coefficient (Wildman–Crippen LogP) is 2.60. The highest BCUT2D eigenvalue weighted by molar-refractivity contribution is 5.73. The van der Waals surface area contributed by atoms with E-state index in [-0.39, 0.29) is 0 Å². The van der Waals surface area contributed by atoms with Gasteiger partial charge in [-0.2, -0.15) is 0 Å². The molecule has 0 unspecified atom stereocenters. The molecule has 1 heterocycles. The first-order chi connectivity index (χ1) is 7.95. The molecule has 0 aliphatic heterocycles. The third-order valence-corrected chi connectivity index (χ3v) is 3.04. The van der Waals surface area contributed by atoms with E-state index in [1.165, 1.54) is 0 Å². The minimum atomic E-state index is -0.744. The number of aliphatic carboxylic acids is 1. The lowest BCUT2D eigenvalue weighted by Crippen LogP contribution is -2.31. The van der Waals surface area contributed by atoms with Crippen LogP contribution in [0.1, 0.15) is 33.0 Å². The van der Waals surface area contributed by atoms with Gasteiger partial charge < -0.3 is 9.52 Å². The number of hydrogen-bond donors (Lipinski definition) is 1. The normalized spacial score (nSPS) is 12.0. The van der Waals surface area contributed by atoms with Crippen molar-refractivity contribution in [1.29, 1.82) is 0 Å². The summed E-state index contributed by atoms with van der Waals surface area (Å²) in [5.74, 6) is 0.173. The van der Waals surface area contributed by atoms with Gasteiger partial charge in [0.25, 0.3) is 0 Å². The summed E-state index contributed by atoms with van der Waals surface area (Å²) in [6.45, 7) is 7.97. The molecule has 0 aliphatic carbocycles. The fourth-order valence-electron chi connectivity index (χ4n) is 1.52. The molecule has 0 fully saturated rings. The fourth-order valence-corrected chi connectivity index (χ4v) is 1.52. The van der Waals surface area contributed by atoms with Crippen molar-refractivity contribution in [2.24, 2.45) is 5.41 Å². The van der Waals surface area contributed by atoms with Crippen molar-refractivity contribution in [3.63, 3.8) is 0 Å². The summed E-state index contributed by atoms with van der Waals surface area (Å²) in [4.78, 5) is 13.2. The van der Waals surface area contributed by atoms with Gasteiger partial charge in [-0.1, -0.05) is 6.92 Å². The molecule has 0 aliphatic rings. The first-order valence-corrected chi connectivity index (χ1v) is 5.94. The average Bonchev–Trinajstić information content (AvgIpc) is 2.76. The van der Waals surface area contributed by atoms with E-state index in [1.54, 1.807) is 20.1 Å². The van der Waals surface area contributed by atoms with Crippen molar-refractivity contribution in [2.75, 3.05) is 13.1 Å². The Morgan fingerprint density at radius 1 is 1.53 bits per heavy atom. The molecule has 1 aromatic heterocycles. The molecule has 0 spiro atoms. The number of hydrogen-bond acceptors (Lipinski definition) is 3. The molecular weight excluding hydrogens is 218 g/mol. The second-order valence-electron chi connectivity index (χ2n) is 4.89. The van der Waals surface area contributed by atoms with E-state index in [1.807, 2.05) is 12.1 Å². The monoisotopic (exact) mass is 239 g/mol. The maximum Gasteiger partial charge on any atom is 0.309 e. The highest BCUT2D eigenvalue weighted by atomic mass is 16.4. The minimum absolute atomic E-state index is 0.636. The average molecular weight is 239 g/mol. The summed E-state index contributed by atoms with van der Waals surface area (Å²) >= 11 is 0. The Morgan fingerprint density at radius 3 is 2.71 bits per heavy atom. The number of nitrogens with zero attached hydrogens (tertiary/aromatic N) is 1. The highest BCUT2D eigenvalue weighted by Crippen LogP contribution is 2.21. The van der Waals surface area contributed by atoms with Gasteiger partial charge in [-0.15, -0.1) is 0 Å². The van der Waals surface area contributed by atoms with Crippen LogP contribution in [0.3, 0.4) is 0 Å². The van der Waals surface area contributed by atoms with Crippen molar-refractivity contribution in [1.82, 2.24) is 4.90 Å². The Hall–Kier alpha value is -1.29. The largest absolute Gasteiger partial charge is 0.481 e. The smallest absolute Gasteiger partial charge is 0.309 e. The lowest BCUT2D eigenvalue weighted by atomic mass is 9.89. The van der Waals surface area contributed by atoms with Crippen LogP contribution in [0.2, 0.25) is 0 Å². The zero-order chi connectivity index (χ0) is 12.9. The third-order valence-electron chi connectivity index (χ3n) is 3.04. The second kappa shape index (κ2) is 5.87. The van der Waals surface area contributed by atoms with E-state index in [4.69, 9.17) is 9.52 Å². The van der Waals surface area contributed by atoms with Crippen molar-refractivity contribution < 1.29 is 14.3 Å². The lowest BCUT2D eigenvalue weighted by Gasteiger charge is -2.25.